The SMILES string of the molecule is Cc1ccc(CN(C)C[C@H]2Cc3c(cccc3-c3ccnc(C)c3)CN2)nc1. The lowest BCUT2D eigenvalue weighted by Gasteiger charge is -2.31. The highest BCUT2D eigenvalue weighted by atomic mass is 15.1. The van der Waals surface area contributed by atoms with Crippen molar-refractivity contribution >= 4 is 0 Å². The highest BCUT2D eigenvalue weighted by Crippen LogP contribution is 2.30. The zero-order valence-electron chi connectivity index (χ0n) is 16.9. The van der Waals surface area contributed by atoms with Gasteiger partial charge in [0.1, 0.15) is 0 Å². The second kappa shape index (κ2) is 8.21. The summed E-state index contributed by atoms with van der Waals surface area (Å²) in [6.45, 7) is 6.92. The summed E-state index contributed by atoms with van der Waals surface area (Å²) < 4.78 is 0. The van der Waals surface area contributed by atoms with Crippen molar-refractivity contribution in [3.8, 4) is 11.1 Å². The Labute approximate surface area is 167 Å². The Kier molecular flexibility index (Phi) is 5.51. The number of fused-ring (bicyclic) bond motifs is 1. The van der Waals surface area contributed by atoms with Crippen LogP contribution in [0.25, 0.3) is 11.1 Å². The molecule has 2 aromatic heterocycles. The average Bonchev–Trinajstić information content (AvgIpc) is 2.69. The van der Waals surface area contributed by atoms with Gasteiger partial charge in [0.05, 0.1) is 5.69 Å². The molecule has 1 aliphatic rings. The van der Waals surface area contributed by atoms with E-state index in [0.29, 0.717) is 6.04 Å². The largest absolute Gasteiger partial charge is 0.308 e. The Hall–Kier alpha value is -2.56. The predicted octanol–water partition coefficient (Wildman–Crippen LogP) is 3.91. The van der Waals surface area contributed by atoms with Crippen LogP contribution in [0.15, 0.2) is 54.9 Å². The molecule has 3 heterocycles. The van der Waals surface area contributed by atoms with Crippen LogP contribution in [-0.2, 0) is 19.5 Å². The van der Waals surface area contributed by atoms with Gasteiger partial charge in [-0.05, 0) is 73.3 Å². The van der Waals surface area contributed by atoms with Crippen LogP contribution in [-0.4, -0.2) is 34.5 Å². The predicted molar refractivity (Wildman–Crippen MR) is 114 cm³/mol. The Morgan fingerprint density at radius 3 is 2.79 bits per heavy atom. The fourth-order valence-corrected chi connectivity index (χ4v) is 4.04. The van der Waals surface area contributed by atoms with Gasteiger partial charge in [-0.1, -0.05) is 24.3 Å². The van der Waals surface area contributed by atoms with Crippen molar-refractivity contribution in [1.29, 1.82) is 0 Å². The maximum absolute atomic E-state index is 4.54. The molecule has 0 saturated carbocycles. The van der Waals surface area contributed by atoms with E-state index in [4.69, 9.17) is 0 Å². The van der Waals surface area contributed by atoms with E-state index < -0.39 is 0 Å². The van der Waals surface area contributed by atoms with Gasteiger partial charge in [0, 0.05) is 43.8 Å². The summed E-state index contributed by atoms with van der Waals surface area (Å²) in [5.41, 5.74) is 8.88. The van der Waals surface area contributed by atoms with Gasteiger partial charge in [0.15, 0.2) is 0 Å². The van der Waals surface area contributed by atoms with Crippen LogP contribution in [0.5, 0.6) is 0 Å². The van der Waals surface area contributed by atoms with E-state index in [1.54, 1.807) is 0 Å². The first-order valence-electron chi connectivity index (χ1n) is 9.96. The van der Waals surface area contributed by atoms with E-state index in [1.807, 2.05) is 12.4 Å². The minimum absolute atomic E-state index is 0.437. The Morgan fingerprint density at radius 1 is 1.11 bits per heavy atom. The van der Waals surface area contributed by atoms with Crippen molar-refractivity contribution in [3.63, 3.8) is 0 Å². The monoisotopic (exact) mass is 372 g/mol. The fraction of sp³-hybridized carbons (Fsp3) is 0.333. The number of likely N-dealkylation sites (N-methyl/N-ethyl adjacent to an activating group) is 1. The van der Waals surface area contributed by atoms with Crippen LogP contribution in [0.2, 0.25) is 0 Å². The lowest BCUT2D eigenvalue weighted by molar-refractivity contribution is 0.271. The normalized spacial score (nSPS) is 16.2. The third-order valence-electron chi connectivity index (χ3n) is 5.45. The summed E-state index contributed by atoms with van der Waals surface area (Å²) in [7, 11) is 2.18. The maximum atomic E-state index is 4.54. The zero-order valence-corrected chi connectivity index (χ0v) is 16.9. The number of aryl methyl sites for hydroxylation is 2. The molecule has 0 saturated heterocycles. The Morgan fingerprint density at radius 2 is 2.00 bits per heavy atom. The van der Waals surface area contributed by atoms with Crippen LogP contribution < -0.4 is 5.32 Å². The maximum Gasteiger partial charge on any atom is 0.0544 e. The summed E-state index contributed by atoms with van der Waals surface area (Å²) in [5, 5.41) is 3.72. The topological polar surface area (TPSA) is 41.1 Å². The van der Waals surface area contributed by atoms with E-state index in [-0.39, 0.29) is 0 Å². The van der Waals surface area contributed by atoms with E-state index in [1.165, 1.54) is 27.8 Å². The van der Waals surface area contributed by atoms with Gasteiger partial charge >= 0.3 is 0 Å². The number of nitrogens with one attached hydrogen (secondary N) is 1. The molecule has 3 aromatic rings. The Bertz CT molecular complexity index is 949. The second-order valence-corrected chi connectivity index (χ2v) is 7.93. The molecule has 4 nitrogen and oxygen atoms in total. The van der Waals surface area contributed by atoms with Gasteiger partial charge in [0.25, 0.3) is 0 Å². The van der Waals surface area contributed by atoms with E-state index in [9.17, 15) is 0 Å². The van der Waals surface area contributed by atoms with Gasteiger partial charge in [0.2, 0.25) is 0 Å². The molecule has 4 rings (SSSR count). The number of hydrogen-bond acceptors (Lipinski definition) is 4. The first kappa shape index (κ1) is 18.8. The van der Waals surface area contributed by atoms with Gasteiger partial charge in [-0.15, -0.1) is 0 Å². The zero-order chi connectivity index (χ0) is 19.5. The van der Waals surface area contributed by atoms with Gasteiger partial charge in [-0.3, -0.25) is 14.9 Å². The molecule has 0 amide bonds. The lowest BCUT2D eigenvalue weighted by atomic mass is 9.88. The first-order valence-corrected chi connectivity index (χ1v) is 9.96. The summed E-state index contributed by atoms with van der Waals surface area (Å²) >= 11 is 0. The quantitative estimate of drug-likeness (QED) is 0.737. The highest BCUT2D eigenvalue weighted by Gasteiger charge is 2.22. The summed E-state index contributed by atoms with van der Waals surface area (Å²) in [5.74, 6) is 0. The lowest BCUT2D eigenvalue weighted by Crippen LogP contribution is -2.43. The summed E-state index contributed by atoms with van der Waals surface area (Å²) in [4.78, 5) is 11.3. The van der Waals surface area contributed by atoms with E-state index in [0.717, 1.165) is 37.4 Å². The number of hydrogen-bond donors (Lipinski definition) is 1. The summed E-state index contributed by atoms with van der Waals surface area (Å²) in [6, 6.07) is 15.7. The van der Waals surface area contributed by atoms with Gasteiger partial charge < -0.3 is 5.32 Å². The molecule has 0 radical (unpaired) electrons. The highest BCUT2D eigenvalue weighted by molar-refractivity contribution is 5.69. The number of nitrogens with zero attached hydrogens (tertiary/aromatic N) is 3. The van der Waals surface area contributed by atoms with Gasteiger partial charge in [-0.25, -0.2) is 0 Å². The standard InChI is InChI=1S/C24H28N4/c1-17-7-8-21(26-13-17)15-28(3)16-22-12-24-20(14-27-22)5-4-6-23(24)19-9-10-25-18(2)11-19/h4-11,13,22,27H,12,14-16H2,1-3H3/t22-/m1/s1. The molecule has 0 bridgehead atoms. The van der Waals surface area contributed by atoms with Crippen LogP contribution in [0.1, 0.15) is 28.1 Å². The van der Waals surface area contributed by atoms with Crippen molar-refractivity contribution < 1.29 is 0 Å². The summed E-state index contributed by atoms with van der Waals surface area (Å²) in [6.07, 6.45) is 4.89. The molecule has 1 atom stereocenters. The molecular formula is C24H28N4. The van der Waals surface area contributed by atoms with Crippen LogP contribution in [0.4, 0.5) is 0 Å². The number of rotatable bonds is 5. The number of aromatic nitrogens is 2. The van der Waals surface area contributed by atoms with Crippen molar-refractivity contribution in [2.75, 3.05) is 13.6 Å². The third-order valence-corrected chi connectivity index (χ3v) is 5.45. The molecule has 0 fully saturated rings. The van der Waals surface area contributed by atoms with Crippen molar-refractivity contribution in [2.24, 2.45) is 0 Å². The Balaban J connectivity index is 1.49. The number of pyridine rings is 2. The molecule has 1 aliphatic heterocycles. The minimum Gasteiger partial charge on any atom is -0.308 e. The fourth-order valence-electron chi connectivity index (χ4n) is 4.04. The van der Waals surface area contributed by atoms with Crippen molar-refractivity contribution in [1.82, 2.24) is 20.2 Å². The minimum atomic E-state index is 0.437. The molecule has 0 spiro atoms. The van der Waals surface area contributed by atoms with E-state index in [2.05, 4.69) is 83.5 Å². The second-order valence-electron chi connectivity index (χ2n) is 7.93. The molecule has 0 aliphatic carbocycles. The molecule has 0 unspecified atom stereocenters. The van der Waals surface area contributed by atoms with E-state index >= 15 is 0 Å². The average molecular weight is 373 g/mol. The van der Waals surface area contributed by atoms with Crippen molar-refractivity contribution in [2.45, 2.75) is 39.4 Å². The van der Waals surface area contributed by atoms with Crippen molar-refractivity contribution in [3.05, 3.63) is 82.9 Å². The smallest absolute Gasteiger partial charge is 0.0544 e. The molecule has 1 N–H and O–H groups in total. The first-order chi connectivity index (χ1) is 13.6. The molecular weight excluding hydrogens is 344 g/mol. The molecule has 144 valence electrons. The third kappa shape index (κ3) is 4.29. The van der Waals surface area contributed by atoms with Crippen LogP contribution >= 0.6 is 0 Å². The molecule has 28 heavy (non-hydrogen) atoms. The van der Waals surface area contributed by atoms with Gasteiger partial charge in [-0.2, -0.15) is 0 Å². The molecule has 4 heteroatoms. The van der Waals surface area contributed by atoms with Crippen LogP contribution in [0, 0.1) is 13.8 Å². The molecule has 1 aromatic carbocycles. The van der Waals surface area contributed by atoms with Crippen LogP contribution in [0.3, 0.4) is 0 Å². The number of benzene rings is 1.